The first kappa shape index (κ1) is 23.8. The Bertz CT molecular complexity index is 1720. The zero-order chi connectivity index (χ0) is 26.4. The fourth-order valence-electron chi connectivity index (χ4n) is 4.24. The first-order valence-corrected chi connectivity index (χ1v) is 12.4. The van der Waals surface area contributed by atoms with Crippen LogP contribution in [0.4, 0.5) is 5.69 Å². The van der Waals surface area contributed by atoms with Crippen LogP contribution in [0, 0.1) is 5.41 Å². The number of hydrazone groups is 1. The zero-order valence-corrected chi connectivity index (χ0v) is 20.9. The lowest BCUT2D eigenvalue weighted by Crippen LogP contribution is -2.22. The van der Waals surface area contributed by atoms with Crippen LogP contribution in [0.25, 0.3) is 33.9 Å². The molecule has 0 atom stereocenters. The molecule has 0 fully saturated rings. The van der Waals surface area contributed by atoms with Gasteiger partial charge in [0.15, 0.2) is 0 Å². The number of anilines is 1. The Kier molecular flexibility index (Phi) is 6.61. The van der Waals surface area contributed by atoms with Crippen molar-refractivity contribution in [3.05, 3.63) is 139 Å². The van der Waals surface area contributed by atoms with Gasteiger partial charge >= 0.3 is 0 Å². The molecule has 1 aromatic carbocycles. The van der Waals surface area contributed by atoms with Gasteiger partial charge in [-0.15, -0.1) is 0 Å². The van der Waals surface area contributed by atoms with Crippen LogP contribution in [0.2, 0.25) is 0 Å². The molecule has 39 heavy (non-hydrogen) atoms. The lowest BCUT2D eigenvalue weighted by molar-refractivity contribution is 1.22. The third-order valence-corrected chi connectivity index (χ3v) is 6.15. The third-order valence-electron chi connectivity index (χ3n) is 6.15. The number of hydrogen-bond donors (Lipinski definition) is 2. The second-order valence-corrected chi connectivity index (χ2v) is 8.72. The van der Waals surface area contributed by atoms with Crippen LogP contribution in [-0.4, -0.2) is 31.4 Å². The average molecular weight is 506 g/mol. The number of allylic oxidation sites excluding steroid dienone is 4. The molecule has 0 radical (unpaired) electrons. The molecule has 0 amide bonds. The van der Waals surface area contributed by atoms with Gasteiger partial charge in [0.1, 0.15) is 5.71 Å². The molecule has 0 aliphatic heterocycles. The van der Waals surface area contributed by atoms with Crippen molar-refractivity contribution < 1.29 is 0 Å². The number of hydrogen-bond acceptors (Lipinski definition) is 7. The van der Waals surface area contributed by atoms with Crippen molar-refractivity contribution in [2.45, 2.75) is 0 Å². The highest BCUT2D eigenvalue weighted by Crippen LogP contribution is 2.29. The number of benzene rings is 1. The number of pyridine rings is 4. The number of rotatable bonds is 6. The van der Waals surface area contributed by atoms with Crippen LogP contribution in [0.3, 0.4) is 0 Å². The van der Waals surface area contributed by atoms with Crippen LogP contribution >= 0.6 is 0 Å². The minimum Gasteiger partial charge on any atom is -0.298 e. The monoisotopic (exact) mass is 505 g/mol. The van der Waals surface area contributed by atoms with Gasteiger partial charge in [0.25, 0.3) is 0 Å². The van der Waals surface area contributed by atoms with Crippen LogP contribution in [0.15, 0.2) is 133 Å². The normalized spacial score (nSPS) is 14.1. The summed E-state index contributed by atoms with van der Waals surface area (Å²) in [5.41, 5.74) is 10.4. The number of nitrogens with one attached hydrogen (secondary N) is 2. The van der Waals surface area contributed by atoms with E-state index < -0.39 is 0 Å². The molecule has 7 heteroatoms. The predicted molar refractivity (Wildman–Crippen MR) is 156 cm³/mol. The van der Waals surface area contributed by atoms with Crippen LogP contribution in [-0.2, 0) is 0 Å². The summed E-state index contributed by atoms with van der Waals surface area (Å²) in [6.07, 6.45) is 7.33. The van der Waals surface area contributed by atoms with Gasteiger partial charge in [0.05, 0.1) is 45.6 Å². The number of nitrogens with zero attached hydrogens (tertiary/aromatic N) is 5. The Morgan fingerprint density at radius 2 is 1.03 bits per heavy atom. The molecule has 186 valence electrons. The summed E-state index contributed by atoms with van der Waals surface area (Å²) in [6.45, 7) is 0. The summed E-state index contributed by atoms with van der Waals surface area (Å²) >= 11 is 0. The van der Waals surface area contributed by atoms with Crippen LogP contribution < -0.4 is 5.43 Å². The topological polar surface area (TPSA) is 99.8 Å². The molecule has 6 rings (SSSR count). The first-order chi connectivity index (χ1) is 19.3. The lowest BCUT2D eigenvalue weighted by Gasteiger charge is -2.19. The van der Waals surface area contributed by atoms with E-state index in [1.54, 1.807) is 12.4 Å². The van der Waals surface area contributed by atoms with Gasteiger partial charge in [-0.05, 0) is 72.8 Å². The highest BCUT2D eigenvalue weighted by atomic mass is 15.3. The van der Waals surface area contributed by atoms with Crippen LogP contribution in [0.1, 0.15) is 11.4 Å². The zero-order valence-electron chi connectivity index (χ0n) is 20.9. The average Bonchev–Trinajstić information content (AvgIpc) is 3.02. The maximum Gasteiger partial charge on any atom is 0.118 e. The second-order valence-electron chi connectivity index (χ2n) is 8.72. The fraction of sp³-hybridized carbons (Fsp3) is 0. The molecule has 1 aliphatic rings. The molecule has 7 nitrogen and oxygen atoms in total. The van der Waals surface area contributed by atoms with Crippen molar-refractivity contribution in [2.75, 3.05) is 5.43 Å². The minimum atomic E-state index is 0.242. The van der Waals surface area contributed by atoms with Gasteiger partial charge in [-0.2, -0.15) is 5.10 Å². The molecule has 0 spiro atoms. The molecule has 0 unspecified atom stereocenters. The maximum atomic E-state index is 9.20. The Hall–Kier alpha value is -5.56. The molecular weight excluding hydrogens is 482 g/mol. The van der Waals surface area contributed by atoms with Crippen LogP contribution in [0.5, 0.6) is 0 Å². The molecule has 0 saturated heterocycles. The standard InChI is InChI=1S/C32H23N7/c33-31-23(25-14-8-16-29(36-25)27-12-4-6-20-34-27)18-19-24(32(31)39-38-22-10-2-1-3-11-22)26-15-9-17-30(37-26)28-13-5-7-21-35-28/h1-21,33,38H. The SMILES string of the molecule is N=C1C(c2cccc(-c3ccccn3)n2)=CC=C(c2cccc(-c3ccccn3)n2)C1=NNc1ccccc1. The second kappa shape index (κ2) is 10.8. The van der Waals surface area contributed by atoms with E-state index in [0.29, 0.717) is 22.7 Å². The van der Waals surface area contributed by atoms with E-state index in [1.165, 1.54) is 0 Å². The maximum absolute atomic E-state index is 9.20. The molecule has 0 saturated carbocycles. The van der Waals surface area contributed by atoms with Gasteiger partial charge in [0, 0.05) is 23.5 Å². The molecule has 4 aromatic heterocycles. The largest absolute Gasteiger partial charge is 0.298 e. The number of para-hydroxylation sites is 1. The van der Waals surface area contributed by atoms with Gasteiger partial charge in [-0.1, -0.05) is 42.5 Å². The quantitative estimate of drug-likeness (QED) is 0.201. The Labute approximate surface area is 225 Å². The van der Waals surface area contributed by atoms with Crippen molar-refractivity contribution in [3.8, 4) is 22.8 Å². The van der Waals surface area contributed by atoms with E-state index in [4.69, 9.17) is 9.97 Å². The van der Waals surface area contributed by atoms with Crippen molar-refractivity contribution in [3.63, 3.8) is 0 Å². The Balaban J connectivity index is 1.43. The van der Waals surface area contributed by atoms with Gasteiger partial charge < -0.3 is 0 Å². The van der Waals surface area contributed by atoms with Gasteiger partial charge in [-0.25, -0.2) is 9.97 Å². The number of aromatic nitrogens is 4. The van der Waals surface area contributed by atoms with Gasteiger partial charge in [0.2, 0.25) is 0 Å². The Morgan fingerprint density at radius 1 is 0.513 bits per heavy atom. The predicted octanol–water partition coefficient (Wildman–Crippen LogP) is 6.57. The van der Waals surface area contributed by atoms with E-state index in [9.17, 15) is 5.41 Å². The first-order valence-electron chi connectivity index (χ1n) is 12.4. The molecule has 1 aliphatic carbocycles. The third kappa shape index (κ3) is 5.14. The summed E-state index contributed by atoms with van der Waals surface area (Å²) in [5, 5.41) is 13.9. The lowest BCUT2D eigenvalue weighted by atomic mass is 9.90. The van der Waals surface area contributed by atoms with E-state index in [-0.39, 0.29) is 5.71 Å². The Morgan fingerprint density at radius 3 is 1.62 bits per heavy atom. The van der Waals surface area contributed by atoms with Crippen molar-refractivity contribution in [2.24, 2.45) is 5.10 Å². The van der Waals surface area contributed by atoms with E-state index in [2.05, 4.69) is 20.5 Å². The molecule has 4 heterocycles. The fourth-order valence-corrected chi connectivity index (χ4v) is 4.24. The summed E-state index contributed by atoms with van der Waals surface area (Å²) in [5.74, 6) is 0. The minimum absolute atomic E-state index is 0.242. The molecule has 2 N–H and O–H groups in total. The highest BCUT2D eigenvalue weighted by Gasteiger charge is 2.25. The summed E-state index contributed by atoms with van der Waals surface area (Å²) < 4.78 is 0. The van der Waals surface area contributed by atoms with Crippen molar-refractivity contribution in [1.82, 2.24) is 19.9 Å². The van der Waals surface area contributed by atoms with Crippen molar-refractivity contribution in [1.29, 1.82) is 5.41 Å². The van der Waals surface area contributed by atoms with Crippen molar-refractivity contribution >= 4 is 28.3 Å². The summed E-state index contributed by atoms with van der Waals surface area (Å²) in [6, 6.07) is 32.6. The van der Waals surface area contributed by atoms with E-state index in [1.807, 2.05) is 115 Å². The van der Waals surface area contributed by atoms with E-state index in [0.717, 1.165) is 34.0 Å². The molecule has 0 bridgehead atoms. The smallest absolute Gasteiger partial charge is 0.118 e. The van der Waals surface area contributed by atoms with Gasteiger partial charge in [-0.3, -0.25) is 20.8 Å². The summed E-state index contributed by atoms with van der Waals surface area (Å²) in [7, 11) is 0. The summed E-state index contributed by atoms with van der Waals surface area (Å²) in [4.78, 5) is 18.6. The molecule has 5 aromatic rings. The molecular formula is C32H23N7. The van der Waals surface area contributed by atoms with E-state index >= 15 is 0 Å². The highest BCUT2D eigenvalue weighted by molar-refractivity contribution is 6.69.